The average Bonchev–Trinajstić information content (AvgIpc) is 3.03. The zero-order valence-corrected chi connectivity index (χ0v) is 12.0. The predicted molar refractivity (Wildman–Crippen MR) is 84.5 cm³/mol. The molecule has 1 saturated heterocycles. The van der Waals surface area contributed by atoms with Crippen molar-refractivity contribution in [3.8, 4) is 0 Å². The van der Waals surface area contributed by atoms with Crippen LogP contribution in [-0.2, 0) is 5.60 Å². The van der Waals surface area contributed by atoms with Gasteiger partial charge in [0, 0.05) is 6.04 Å². The number of aliphatic hydroxyl groups is 1. The predicted octanol–water partition coefficient (Wildman–Crippen LogP) is 3.31. The van der Waals surface area contributed by atoms with Crippen molar-refractivity contribution in [1.29, 1.82) is 0 Å². The van der Waals surface area contributed by atoms with E-state index in [1.54, 1.807) is 6.08 Å². The number of hydrogen-bond acceptors (Lipinski definition) is 2. The number of rotatable bonds is 5. The number of benzene rings is 1. The van der Waals surface area contributed by atoms with E-state index >= 15 is 0 Å². The SMILES string of the molecule is C=C/C=C\C(=C/C)C(O)(c1ccccc1)[C@@H]1CCCN1. The van der Waals surface area contributed by atoms with Crippen molar-refractivity contribution in [2.75, 3.05) is 6.54 Å². The summed E-state index contributed by atoms with van der Waals surface area (Å²) in [6.45, 7) is 6.63. The zero-order valence-electron chi connectivity index (χ0n) is 12.0. The van der Waals surface area contributed by atoms with Gasteiger partial charge in [-0.05, 0) is 37.4 Å². The fourth-order valence-electron chi connectivity index (χ4n) is 2.92. The molecule has 1 unspecified atom stereocenters. The van der Waals surface area contributed by atoms with E-state index in [9.17, 15) is 5.11 Å². The Kier molecular flexibility index (Phi) is 4.94. The maximum atomic E-state index is 11.5. The van der Waals surface area contributed by atoms with Crippen LogP contribution in [-0.4, -0.2) is 17.7 Å². The molecule has 1 fully saturated rings. The van der Waals surface area contributed by atoms with Crippen molar-refractivity contribution in [3.63, 3.8) is 0 Å². The molecule has 1 aliphatic rings. The van der Waals surface area contributed by atoms with E-state index in [0.29, 0.717) is 0 Å². The first kappa shape index (κ1) is 14.8. The van der Waals surface area contributed by atoms with Crippen LogP contribution < -0.4 is 5.32 Å². The van der Waals surface area contributed by atoms with Crippen molar-refractivity contribution >= 4 is 0 Å². The highest BCUT2D eigenvalue weighted by molar-refractivity contribution is 5.41. The standard InChI is InChI=1S/C18H23NO/c1-3-5-10-15(4-2)18(20,17-13-9-14-19-17)16-11-7-6-8-12-16/h3-8,10-12,17,19-20H,1,9,13-14H2,2H3/b10-5-,15-4+/t17-,18?/m0/s1. The first-order valence-electron chi connectivity index (χ1n) is 7.20. The molecule has 2 atom stereocenters. The highest BCUT2D eigenvalue weighted by atomic mass is 16.3. The summed E-state index contributed by atoms with van der Waals surface area (Å²) in [4.78, 5) is 0. The lowest BCUT2D eigenvalue weighted by Crippen LogP contribution is -2.46. The molecular weight excluding hydrogens is 246 g/mol. The third-order valence-corrected chi connectivity index (χ3v) is 3.94. The van der Waals surface area contributed by atoms with Crippen LogP contribution in [0.2, 0.25) is 0 Å². The summed E-state index contributed by atoms with van der Waals surface area (Å²) in [6, 6.07) is 9.95. The lowest BCUT2D eigenvalue weighted by molar-refractivity contribution is 0.0434. The average molecular weight is 269 g/mol. The molecule has 2 nitrogen and oxygen atoms in total. The second-order valence-electron chi connectivity index (χ2n) is 5.12. The molecule has 2 heteroatoms. The van der Waals surface area contributed by atoms with Gasteiger partial charge in [0.2, 0.25) is 0 Å². The summed E-state index contributed by atoms with van der Waals surface area (Å²) in [5.74, 6) is 0. The van der Waals surface area contributed by atoms with Gasteiger partial charge in [-0.3, -0.25) is 0 Å². The normalized spacial score (nSPS) is 22.9. The molecule has 0 radical (unpaired) electrons. The summed E-state index contributed by atoms with van der Waals surface area (Å²) < 4.78 is 0. The van der Waals surface area contributed by atoms with Crippen LogP contribution in [0.4, 0.5) is 0 Å². The Morgan fingerprint density at radius 1 is 1.40 bits per heavy atom. The second-order valence-corrected chi connectivity index (χ2v) is 5.12. The minimum Gasteiger partial charge on any atom is -0.379 e. The molecule has 0 aliphatic carbocycles. The largest absolute Gasteiger partial charge is 0.379 e. The van der Waals surface area contributed by atoms with E-state index in [1.807, 2.05) is 55.5 Å². The lowest BCUT2D eigenvalue weighted by Gasteiger charge is -2.36. The first-order valence-corrected chi connectivity index (χ1v) is 7.20. The number of allylic oxidation sites excluding steroid dienone is 3. The van der Waals surface area contributed by atoms with Crippen LogP contribution in [0.15, 0.2) is 66.8 Å². The van der Waals surface area contributed by atoms with Gasteiger partial charge in [-0.25, -0.2) is 0 Å². The molecule has 1 heterocycles. The molecule has 0 aromatic heterocycles. The Balaban J connectivity index is 2.48. The van der Waals surface area contributed by atoms with Gasteiger partial charge in [-0.15, -0.1) is 0 Å². The van der Waals surface area contributed by atoms with Gasteiger partial charge in [-0.1, -0.05) is 61.2 Å². The quantitative estimate of drug-likeness (QED) is 0.804. The minimum atomic E-state index is -0.994. The molecule has 0 bridgehead atoms. The fraction of sp³-hybridized carbons (Fsp3) is 0.333. The van der Waals surface area contributed by atoms with Gasteiger partial charge in [0.25, 0.3) is 0 Å². The smallest absolute Gasteiger partial charge is 0.129 e. The molecule has 0 spiro atoms. The summed E-state index contributed by atoms with van der Waals surface area (Å²) in [5.41, 5.74) is 0.843. The molecule has 1 aromatic carbocycles. The Labute approximate surface area is 121 Å². The third-order valence-electron chi connectivity index (χ3n) is 3.94. The van der Waals surface area contributed by atoms with E-state index < -0.39 is 5.60 Å². The maximum absolute atomic E-state index is 11.5. The molecule has 1 aromatic rings. The molecule has 20 heavy (non-hydrogen) atoms. The molecular formula is C18H23NO. The first-order chi connectivity index (χ1) is 9.73. The Bertz CT molecular complexity index is 497. The Morgan fingerprint density at radius 2 is 2.15 bits per heavy atom. The van der Waals surface area contributed by atoms with Gasteiger partial charge >= 0.3 is 0 Å². The van der Waals surface area contributed by atoms with Crippen LogP contribution in [0.5, 0.6) is 0 Å². The Hall–Kier alpha value is -1.64. The highest BCUT2D eigenvalue weighted by Crippen LogP contribution is 2.37. The van der Waals surface area contributed by atoms with Crippen LogP contribution in [0, 0.1) is 0 Å². The third kappa shape index (κ3) is 2.77. The van der Waals surface area contributed by atoms with Crippen molar-refractivity contribution < 1.29 is 5.11 Å². The van der Waals surface area contributed by atoms with Gasteiger partial charge in [0.1, 0.15) is 5.60 Å². The minimum absolute atomic E-state index is 0.0468. The highest BCUT2D eigenvalue weighted by Gasteiger charge is 2.41. The van der Waals surface area contributed by atoms with Crippen molar-refractivity contribution in [2.45, 2.75) is 31.4 Å². The maximum Gasteiger partial charge on any atom is 0.129 e. The van der Waals surface area contributed by atoms with E-state index in [0.717, 1.165) is 30.5 Å². The molecule has 2 rings (SSSR count). The van der Waals surface area contributed by atoms with Crippen molar-refractivity contribution in [3.05, 3.63) is 72.4 Å². The van der Waals surface area contributed by atoms with Crippen LogP contribution >= 0.6 is 0 Å². The summed E-state index contributed by atoms with van der Waals surface area (Å²) >= 11 is 0. The second kappa shape index (κ2) is 6.69. The molecule has 1 aliphatic heterocycles. The zero-order chi connectivity index (χ0) is 14.4. The number of nitrogens with one attached hydrogen (secondary N) is 1. The summed E-state index contributed by atoms with van der Waals surface area (Å²) in [5, 5.41) is 14.9. The van der Waals surface area contributed by atoms with E-state index in [-0.39, 0.29) is 6.04 Å². The van der Waals surface area contributed by atoms with Gasteiger partial charge in [0.05, 0.1) is 0 Å². The monoisotopic (exact) mass is 269 g/mol. The summed E-state index contributed by atoms with van der Waals surface area (Å²) in [7, 11) is 0. The molecule has 2 N–H and O–H groups in total. The van der Waals surface area contributed by atoms with Crippen molar-refractivity contribution in [1.82, 2.24) is 5.32 Å². The van der Waals surface area contributed by atoms with Crippen LogP contribution in [0.1, 0.15) is 25.3 Å². The topological polar surface area (TPSA) is 32.3 Å². The van der Waals surface area contributed by atoms with Crippen LogP contribution in [0.25, 0.3) is 0 Å². The molecule has 0 amide bonds. The van der Waals surface area contributed by atoms with E-state index in [1.165, 1.54) is 0 Å². The molecule has 106 valence electrons. The van der Waals surface area contributed by atoms with Crippen LogP contribution in [0.3, 0.4) is 0 Å². The van der Waals surface area contributed by atoms with Gasteiger partial charge in [-0.2, -0.15) is 0 Å². The van der Waals surface area contributed by atoms with E-state index in [4.69, 9.17) is 0 Å². The van der Waals surface area contributed by atoms with Crippen molar-refractivity contribution in [2.24, 2.45) is 0 Å². The Morgan fingerprint density at radius 3 is 2.70 bits per heavy atom. The molecule has 0 saturated carbocycles. The van der Waals surface area contributed by atoms with E-state index in [2.05, 4.69) is 11.9 Å². The lowest BCUT2D eigenvalue weighted by atomic mass is 9.78. The fourth-order valence-corrected chi connectivity index (χ4v) is 2.92. The van der Waals surface area contributed by atoms with Gasteiger partial charge in [0.15, 0.2) is 0 Å². The number of hydrogen-bond donors (Lipinski definition) is 2. The summed E-state index contributed by atoms with van der Waals surface area (Å²) in [6.07, 6.45) is 9.61. The van der Waals surface area contributed by atoms with Gasteiger partial charge < -0.3 is 10.4 Å².